The van der Waals surface area contributed by atoms with Crippen LogP contribution in [0.4, 0.5) is 0 Å². The van der Waals surface area contributed by atoms with Crippen LogP contribution in [0.3, 0.4) is 0 Å². The Morgan fingerprint density at radius 1 is 0.944 bits per heavy atom. The molecule has 4 unspecified atom stereocenters. The zero-order valence-corrected chi connectivity index (χ0v) is 12.1. The summed E-state index contributed by atoms with van der Waals surface area (Å²) in [6.45, 7) is 5.74. The molecule has 104 valence electrons. The van der Waals surface area contributed by atoms with Crippen LogP contribution in [0.25, 0.3) is 0 Å². The van der Waals surface area contributed by atoms with Crippen LogP contribution in [-0.4, -0.2) is 34.7 Å². The van der Waals surface area contributed by atoms with E-state index in [-0.39, 0.29) is 11.5 Å². The molecule has 0 aromatic rings. The summed E-state index contributed by atoms with van der Waals surface area (Å²) < 4.78 is 0. The van der Waals surface area contributed by atoms with Gasteiger partial charge in [0.05, 0.1) is 6.10 Å². The molecule has 4 atom stereocenters. The van der Waals surface area contributed by atoms with Crippen molar-refractivity contribution < 1.29 is 5.11 Å². The summed E-state index contributed by atoms with van der Waals surface area (Å²) in [4.78, 5) is 2.70. The quantitative estimate of drug-likeness (QED) is 0.773. The number of hydrogen-bond donors (Lipinski definition) is 1. The van der Waals surface area contributed by atoms with Gasteiger partial charge >= 0.3 is 0 Å². The van der Waals surface area contributed by atoms with E-state index in [2.05, 4.69) is 18.7 Å². The third-order valence-electron chi connectivity index (χ3n) is 5.97. The molecule has 1 heterocycles. The van der Waals surface area contributed by atoms with Crippen molar-refractivity contribution in [2.24, 2.45) is 11.3 Å². The molecule has 18 heavy (non-hydrogen) atoms. The van der Waals surface area contributed by atoms with Crippen LogP contribution in [0.15, 0.2) is 0 Å². The molecular weight excluding hydrogens is 222 g/mol. The molecule has 0 radical (unpaired) electrons. The van der Waals surface area contributed by atoms with Crippen LogP contribution < -0.4 is 0 Å². The first-order valence-corrected chi connectivity index (χ1v) is 8.03. The number of nitrogens with zero attached hydrogens (tertiary/aromatic N) is 1. The molecule has 0 aromatic carbocycles. The number of aliphatic hydroxyl groups excluding tert-OH is 1. The van der Waals surface area contributed by atoms with Crippen LogP contribution in [0.2, 0.25) is 0 Å². The molecular formula is C16H29NO. The van der Waals surface area contributed by atoms with Crippen molar-refractivity contribution in [3.8, 4) is 0 Å². The summed E-state index contributed by atoms with van der Waals surface area (Å²) in [6.07, 6.45) is 10.6. The van der Waals surface area contributed by atoms with E-state index in [4.69, 9.17) is 0 Å². The van der Waals surface area contributed by atoms with Crippen molar-refractivity contribution in [2.45, 2.75) is 83.4 Å². The van der Waals surface area contributed by atoms with Crippen LogP contribution >= 0.6 is 0 Å². The lowest BCUT2D eigenvalue weighted by atomic mass is 9.71. The van der Waals surface area contributed by atoms with Gasteiger partial charge in [0, 0.05) is 12.1 Å². The standard InChI is InChI=1S/C16H29NO/c1-16(2)10-5-8-14(15(16)18)17-11-9-12-6-3-4-7-13(12)17/h12-15,18H,3-11H2,1-2H3. The summed E-state index contributed by atoms with van der Waals surface area (Å²) in [5, 5.41) is 10.7. The highest BCUT2D eigenvalue weighted by molar-refractivity contribution is 4.99. The Balaban J connectivity index is 1.74. The molecule has 1 N–H and O–H groups in total. The highest BCUT2D eigenvalue weighted by Crippen LogP contribution is 2.43. The molecule has 3 rings (SSSR count). The number of likely N-dealkylation sites (tertiary alicyclic amines) is 1. The smallest absolute Gasteiger partial charge is 0.0746 e. The fraction of sp³-hybridized carbons (Fsp3) is 1.00. The maximum absolute atomic E-state index is 10.7. The molecule has 1 aliphatic heterocycles. The fourth-order valence-electron chi connectivity index (χ4n) is 4.79. The summed E-state index contributed by atoms with van der Waals surface area (Å²) in [7, 11) is 0. The Kier molecular flexibility index (Phi) is 3.44. The first-order chi connectivity index (χ1) is 8.59. The second-order valence-corrected chi connectivity index (χ2v) is 7.53. The molecule has 0 aromatic heterocycles. The average molecular weight is 251 g/mol. The van der Waals surface area contributed by atoms with Gasteiger partial charge in [-0.15, -0.1) is 0 Å². The highest BCUT2D eigenvalue weighted by atomic mass is 16.3. The zero-order valence-electron chi connectivity index (χ0n) is 12.1. The second kappa shape index (κ2) is 4.79. The van der Waals surface area contributed by atoms with Crippen molar-refractivity contribution in [3.63, 3.8) is 0 Å². The lowest BCUT2D eigenvalue weighted by molar-refractivity contribution is -0.0654. The lowest BCUT2D eigenvalue weighted by Crippen LogP contribution is -2.54. The largest absolute Gasteiger partial charge is 0.391 e. The van der Waals surface area contributed by atoms with E-state index in [9.17, 15) is 5.11 Å². The SMILES string of the molecule is CC1(C)CCCC(N2CCC3CCCCC32)C1O. The maximum Gasteiger partial charge on any atom is 0.0746 e. The summed E-state index contributed by atoms with van der Waals surface area (Å²) in [6, 6.07) is 1.24. The van der Waals surface area contributed by atoms with Gasteiger partial charge < -0.3 is 5.11 Å². The minimum Gasteiger partial charge on any atom is -0.391 e. The van der Waals surface area contributed by atoms with Gasteiger partial charge in [-0.2, -0.15) is 0 Å². The van der Waals surface area contributed by atoms with Crippen LogP contribution in [0.1, 0.15) is 65.2 Å². The van der Waals surface area contributed by atoms with Crippen LogP contribution in [-0.2, 0) is 0 Å². The van der Waals surface area contributed by atoms with Gasteiger partial charge in [0.1, 0.15) is 0 Å². The third kappa shape index (κ3) is 2.12. The molecule has 2 heteroatoms. The monoisotopic (exact) mass is 251 g/mol. The number of fused-ring (bicyclic) bond motifs is 1. The topological polar surface area (TPSA) is 23.5 Å². The summed E-state index contributed by atoms with van der Waals surface area (Å²) in [5.74, 6) is 0.941. The van der Waals surface area contributed by atoms with E-state index in [1.54, 1.807) is 0 Å². The van der Waals surface area contributed by atoms with Crippen molar-refractivity contribution in [1.82, 2.24) is 4.90 Å². The Morgan fingerprint density at radius 3 is 2.50 bits per heavy atom. The fourth-order valence-corrected chi connectivity index (χ4v) is 4.79. The molecule has 0 amide bonds. The van der Waals surface area contributed by atoms with Gasteiger partial charge in [-0.05, 0) is 50.0 Å². The molecule has 1 saturated heterocycles. The van der Waals surface area contributed by atoms with Gasteiger partial charge in [-0.25, -0.2) is 0 Å². The Bertz CT molecular complexity index is 301. The van der Waals surface area contributed by atoms with E-state index in [0.29, 0.717) is 6.04 Å². The molecule has 0 spiro atoms. The third-order valence-corrected chi connectivity index (χ3v) is 5.97. The molecule has 2 saturated carbocycles. The van der Waals surface area contributed by atoms with E-state index < -0.39 is 0 Å². The molecule has 2 nitrogen and oxygen atoms in total. The van der Waals surface area contributed by atoms with Crippen molar-refractivity contribution in [2.75, 3.05) is 6.54 Å². The molecule has 3 fully saturated rings. The molecule has 3 aliphatic rings. The Morgan fingerprint density at radius 2 is 1.67 bits per heavy atom. The van der Waals surface area contributed by atoms with E-state index in [1.807, 2.05) is 0 Å². The van der Waals surface area contributed by atoms with Gasteiger partial charge in [-0.3, -0.25) is 4.90 Å². The number of hydrogen-bond acceptors (Lipinski definition) is 2. The molecule has 2 aliphatic carbocycles. The van der Waals surface area contributed by atoms with Crippen LogP contribution in [0.5, 0.6) is 0 Å². The summed E-state index contributed by atoms with van der Waals surface area (Å²) >= 11 is 0. The van der Waals surface area contributed by atoms with Gasteiger partial charge in [-0.1, -0.05) is 33.1 Å². The van der Waals surface area contributed by atoms with Gasteiger partial charge in [0.15, 0.2) is 0 Å². The minimum absolute atomic E-state index is 0.119. The second-order valence-electron chi connectivity index (χ2n) is 7.53. The highest BCUT2D eigenvalue weighted by Gasteiger charge is 2.46. The average Bonchev–Trinajstić information content (AvgIpc) is 2.76. The van der Waals surface area contributed by atoms with E-state index >= 15 is 0 Å². The maximum atomic E-state index is 10.7. The summed E-state index contributed by atoms with van der Waals surface area (Å²) in [5.41, 5.74) is 0.121. The lowest BCUT2D eigenvalue weighted by Gasteiger charge is -2.47. The first-order valence-electron chi connectivity index (χ1n) is 8.03. The zero-order chi connectivity index (χ0) is 12.8. The van der Waals surface area contributed by atoms with E-state index in [1.165, 1.54) is 57.9 Å². The first kappa shape index (κ1) is 12.9. The predicted molar refractivity (Wildman–Crippen MR) is 74.5 cm³/mol. The minimum atomic E-state index is -0.119. The number of aliphatic hydroxyl groups is 1. The van der Waals surface area contributed by atoms with E-state index in [0.717, 1.165) is 12.0 Å². The molecule has 0 bridgehead atoms. The van der Waals surface area contributed by atoms with Crippen molar-refractivity contribution in [3.05, 3.63) is 0 Å². The van der Waals surface area contributed by atoms with Crippen molar-refractivity contribution >= 4 is 0 Å². The van der Waals surface area contributed by atoms with Crippen LogP contribution in [0, 0.1) is 11.3 Å². The Labute approximate surface area is 112 Å². The van der Waals surface area contributed by atoms with Gasteiger partial charge in [0.2, 0.25) is 0 Å². The predicted octanol–water partition coefficient (Wildman–Crippen LogP) is 3.19. The Hall–Kier alpha value is -0.0800. The van der Waals surface area contributed by atoms with Gasteiger partial charge in [0.25, 0.3) is 0 Å². The number of rotatable bonds is 1. The van der Waals surface area contributed by atoms with Crippen molar-refractivity contribution in [1.29, 1.82) is 0 Å². The normalized spacial score (nSPS) is 44.8.